The largest absolute Gasteiger partial charge is 0.493 e. The quantitative estimate of drug-likeness (QED) is 0.823. The van der Waals surface area contributed by atoms with Crippen molar-refractivity contribution in [3.63, 3.8) is 0 Å². The predicted octanol–water partition coefficient (Wildman–Crippen LogP) is 2.55. The average Bonchev–Trinajstić information content (AvgIpc) is 2.72. The summed E-state index contributed by atoms with van der Waals surface area (Å²) in [4.78, 5) is 0. The Kier molecular flexibility index (Phi) is 3.32. The third kappa shape index (κ3) is 2.78. The van der Waals surface area contributed by atoms with Crippen LogP contribution in [0.2, 0.25) is 0 Å². The highest BCUT2D eigenvalue weighted by molar-refractivity contribution is 5.53. The number of hydrogen-bond acceptors (Lipinski definition) is 3. The van der Waals surface area contributed by atoms with Gasteiger partial charge in [0.25, 0.3) is 0 Å². The summed E-state index contributed by atoms with van der Waals surface area (Å²) in [5, 5.41) is 4.25. The Bertz CT molecular complexity index is 505. The van der Waals surface area contributed by atoms with Crippen LogP contribution < -0.4 is 10.5 Å². The number of aryl methyl sites for hydroxylation is 1. The molecule has 1 heterocycles. The molecule has 1 aromatic carbocycles. The Morgan fingerprint density at radius 2 is 2.18 bits per heavy atom. The van der Waals surface area contributed by atoms with Crippen LogP contribution >= 0.6 is 0 Å². The summed E-state index contributed by atoms with van der Waals surface area (Å²) in [5.74, 6) is 0.787. The molecular formula is C13H17N3O. The van der Waals surface area contributed by atoms with Crippen molar-refractivity contribution in [3.05, 3.63) is 36.2 Å². The first-order chi connectivity index (χ1) is 8.19. The standard InChI is InChI=1S/C13H17N3O/c1-3-4-17-13-6-11(14)5-12(7-13)16-9-10(2)8-15-16/h5-9H,3-4,14H2,1-2H3. The van der Waals surface area contributed by atoms with Crippen molar-refractivity contribution in [2.45, 2.75) is 20.3 Å². The zero-order chi connectivity index (χ0) is 12.3. The van der Waals surface area contributed by atoms with Crippen LogP contribution in [0.5, 0.6) is 5.75 Å². The minimum absolute atomic E-state index is 0.682. The number of rotatable bonds is 4. The van der Waals surface area contributed by atoms with Gasteiger partial charge in [0.05, 0.1) is 18.5 Å². The number of nitrogens with two attached hydrogens (primary N) is 1. The van der Waals surface area contributed by atoms with Crippen molar-refractivity contribution in [2.75, 3.05) is 12.3 Å². The van der Waals surface area contributed by atoms with E-state index in [1.165, 1.54) is 0 Å². The zero-order valence-electron chi connectivity index (χ0n) is 10.2. The van der Waals surface area contributed by atoms with Crippen LogP contribution in [-0.4, -0.2) is 16.4 Å². The molecule has 90 valence electrons. The van der Waals surface area contributed by atoms with E-state index in [0.29, 0.717) is 12.3 Å². The number of ether oxygens (including phenoxy) is 1. The van der Waals surface area contributed by atoms with Crippen molar-refractivity contribution in [1.29, 1.82) is 0 Å². The number of nitrogen functional groups attached to an aromatic ring is 1. The monoisotopic (exact) mass is 231 g/mol. The van der Waals surface area contributed by atoms with Crippen LogP contribution in [0.1, 0.15) is 18.9 Å². The third-order valence-electron chi connectivity index (χ3n) is 2.36. The second-order valence-electron chi connectivity index (χ2n) is 4.07. The molecule has 4 nitrogen and oxygen atoms in total. The van der Waals surface area contributed by atoms with E-state index in [2.05, 4.69) is 12.0 Å². The van der Waals surface area contributed by atoms with Gasteiger partial charge in [0.15, 0.2) is 0 Å². The highest BCUT2D eigenvalue weighted by Crippen LogP contribution is 2.21. The Morgan fingerprint density at radius 1 is 1.35 bits per heavy atom. The van der Waals surface area contributed by atoms with Crippen LogP contribution in [0, 0.1) is 6.92 Å². The van der Waals surface area contributed by atoms with Crippen molar-refractivity contribution in [3.8, 4) is 11.4 Å². The minimum atomic E-state index is 0.682. The number of nitrogens with zero attached hydrogens (tertiary/aromatic N) is 2. The highest BCUT2D eigenvalue weighted by atomic mass is 16.5. The summed E-state index contributed by atoms with van der Waals surface area (Å²) < 4.78 is 7.38. The maximum atomic E-state index is 5.85. The first-order valence-corrected chi connectivity index (χ1v) is 5.74. The lowest BCUT2D eigenvalue weighted by molar-refractivity contribution is 0.317. The van der Waals surface area contributed by atoms with E-state index in [1.807, 2.05) is 37.5 Å². The maximum absolute atomic E-state index is 5.85. The molecule has 2 rings (SSSR count). The average molecular weight is 231 g/mol. The zero-order valence-corrected chi connectivity index (χ0v) is 10.2. The molecule has 0 aliphatic heterocycles. The fraction of sp³-hybridized carbons (Fsp3) is 0.308. The lowest BCUT2D eigenvalue weighted by Crippen LogP contribution is -2.00. The van der Waals surface area contributed by atoms with Gasteiger partial charge in [-0.3, -0.25) is 0 Å². The van der Waals surface area contributed by atoms with E-state index in [0.717, 1.165) is 23.4 Å². The topological polar surface area (TPSA) is 53.1 Å². The van der Waals surface area contributed by atoms with Gasteiger partial charge in [-0.2, -0.15) is 5.10 Å². The fourth-order valence-electron chi connectivity index (χ4n) is 1.60. The summed E-state index contributed by atoms with van der Waals surface area (Å²) >= 11 is 0. The van der Waals surface area contributed by atoms with Gasteiger partial charge >= 0.3 is 0 Å². The predicted molar refractivity (Wildman–Crippen MR) is 68.5 cm³/mol. The van der Waals surface area contributed by atoms with Crippen LogP contribution in [0.25, 0.3) is 5.69 Å². The van der Waals surface area contributed by atoms with Gasteiger partial charge < -0.3 is 10.5 Å². The number of aromatic nitrogens is 2. The molecule has 0 saturated carbocycles. The molecule has 0 saturated heterocycles. The van der Waals surface area contributed by atoms with Gasteiger partial charge in [-0.1, -0.05) is 6.92 Å². The Hall–Kier alpha value is -1.97. The van der Waals surface area contributed by atoms with E-state index in [4.69, 9.17) is 10.5 Å². The number of hydrogen-bond donors (Lipinski definition) is 1. The maximum Gasteiger partial charge on any atom is 0.123 e. The highest BCUT2D eigenvalue weighted by Gasteiger charge is 2.03. The molecule has 0 spiro atoms. The molecule has 17 heavy (non-hydrogen) atoms. The van der Waals surface area contributed by atoms with Gasteiger partial charge in [-0.25, -0.2) is 4.68 Å². The molecule has 0 bridgehead atoms. The number of benzene rings is 1. The lowest BCUT2D eigenvalue weighted by atomic mass is 10.2. The molecular weight excluding hydrogens is 214 g/mol. The Labute approximate surface area is 101 Å². The molecule has 1 aromatic heterocycles. The van der Waals surface area contributed by atoms with Gasteiger partial charge in [0, 0.05) is 24.0 Å². The van der Waals surface area contributed by atoms with E-state index in [1.54, 1.807) is 4.68 Å². The van der Waals surface area contributed by atoms with Crippen molar-refractivity contribution in [2.24, 2.45) is 0 Å². The molecule has 0 aliphatic carbocycles. The molecule has 0 amide bonds. The van der Waals surface area contributed by atoms with Crippen LogP contribution in [0.3, 0.4) is 0 Å². The molecule has 0 unspecified atom stereocenters. The number of anilines is 1. The Balaban J connectivity index is 2.31. The third-order valence-corrected chi connectivity index (χ3v) is 2.36. The fourth-order valence-corrected chi connectivity index (χ4v) is 1.60. The van der Waals surface area contributed by atoms with E-state index >= 15 is 0 Å². The summed E-state index contributed by atoms with van der Waals surface area (Å²) in [6, 6.07) is 5.65. The molecule has 0 aliphatic rings. The lowest BCUT2D eigenvalue weighted by Gasteiger charge is -2.08. The molecule has 0 atom stereocenters. The first kappa shape index (κ1) is 11.5. The van der Waals surface area contributed by atoms with Crippen LogP contribution in [0.4, 0.5) is 5.69 Å². The molecule has 0 radical (unpaired) electrons. The second kappa shape index (κ2) is 4.91. The van der Waals surface area contributed by atoms with E-state index < -0.39 is 0 Å². The van der Waals surface area contributed by atoms with E-state index in [9.17, 15) is 0 Å². The Morgan fingerprint density at radius 3 is 2.82 bits per heavy atom. The molecule has 2 aromatic rings. The minimum Gasteiger partial charge on any atom is -0.493 e. The summed E-state index contributed by atoms with van der Waals surface area (Å²) in [6.45, 7) is 4.77. The van der Waals surface area contributed by atoms with Crippen LogP contribution in [-0.2, 0) is 0 Å². The van der Waals surface area contributed by atoms with Crippen molar-refractivity contribution in [1.82, 2.24) is 9.78 Å². The normalized spacial score (nSPS) is 10.5. The molecule has 2 N–H and O–H groups in total. The summed E-state index contributed by atoms with van der Waals surface area (Å²) in [6.07, 6.45) is 4.75. The van der Waals surface area contributed by atoms with Crippen molar-refractivity contribution >= 4 is 5.69 Å². The van der Waals surface area contributed by atoms with Crippen LogP contribution in [0.15, 0.2) is 30.6 Å². The molecule has 0 fully saturated rings. The van der Waals surface area contributed by atoms with Gasteiger partial charge in [0.2, 0.25) is 0 Å². The van der Waals surface area contributed by atoms with Gasteiger partial charge in [-0.15, -0.1) is 0 Å². The molecule has 4 heteroatoms. The smallest absolute Gasteiger partial charge is 0.123 e. The summed E-state index contributed by atoms with van der Waals surface area (Å²) in [7, 11) is 0. The first-order valence-electron chi connectivity index (χ1n) is 5.74. The SMILES string of the molecule is CCCOc1cc(N)cc(-n2cc(C)cn2)c1. The second-order valence-corrected chi connectivity index (χ2v) is 4.07. The van der Waals surface area contributed by atoms with E-state index in [-0.39, 0.29) is 0 Å². The summed E-state index contributed by atoms with van der Waals surface area (Å²) in [5.41, 5.74) is 8.57. The van der Waals surface area contributed by atoms with Gasteiger partial charge in [-0.05, 0) is 25.0 Å². The van der Waals surface area contributed by atoms with Crippen molar-refractivity contribution < 1.29 is 4.74 Å². The van der Waals surface area contributed by atoms with Gasteiger partial charge in [0.1, 0.15) is 5.75 Å².